The largest absolute Gasteiger partial charge is 0.377 e. The maximum atomic E-state index is 13.5. The molecule has 0 aliphatic carbocycles. The SMILES string of the molecule is Cc1nc(C(C)Nc2cc(F)c(Br)cc2C)cs1. The normalized spacial score (nSPS) is 12.5. The fraction of sp³-hybridized carbons (Fsp3) is 0.308. The second-order valence-electron chi connectivity index (χ2n) is 4.24. The van der Waals surface area contributed by atoms with E-state index in [1.54, 1.807) is 17.4 Å². The van der Waals surface area contributed by atoms with Crippen LogP contribution in [-0.4, -0.2) is 4.98 Å². The van der Waals surface area contributed by atoms with Crippen LogP contribution in [0.25, 0.3) is 0 Å². The van der Waals surface area contributed by atoms with E-state index in [2.05, 4.69) is 26.2 Å². The van der Waals surface area contributed by atoms with Gasteiger partial charge in [0, 0.05) is 11.1 Å². The van der Waals surface area contributed by atoms with E-state index in [4.69, 9.17) is 0 Å². The molecule has 0 saturated carbocycles. The Kier molecular flexibility index (Phi) is 4.02. The lowest BCUT2D eigenvalue weighted by Gasteiger charge is -2.15. The summed E-state index contributed by atoms with van der Waals surface area (Å²) in [6.45, 7) is 5.95. The summed E-state index contributed by atoms with van der Waals surface area (Å²) < 4.78 is 14.0. The highest BCUT2D eigenvalue weighted by Gasteiger charge is 2.11. The van der Waals surface area contributed by atoms with Gasteiger partial charge in [-0.2, -0.15) is 0 Å². The molecule has 1 aromatic carbocycles. The molecule has 0 bridgehead atoms. The number of hydrogen-bond donors (Lipinski definition) is 1. The summed E-state index contributed by atoms with van der Waals surface area (Å²) in [5, 5.41) is 6.36. The van der Waals surface area contributed by atoms with E-state index in [9.17, 15) is 4.39 Å². The van der Waals surface area contributed by atoms with Crippen molar-refractivity contribution in [3.8, 4) is 0 Å². The minimum Gasteiger partial charge on any atom is -0.377 e. The lowest BCUT2D eigenvalue weighted by molar-refractivity contribution is 0.620. The molecule has 1 unspecified atom stereocenters. The zero-order valence-corrected chi connectivity index (χ0v) is 12.8. The number of hydrogen-bond acceptors (Lipinski definition) is 3. The molecule has 0 spiro atoms. The number of benzene rings is 1. The van der Waals surface area contributed by atoms with Gasteiger partial charge in [-0.1, -0.05) is 0 Å². The first-order valence-corrected chi connectivity index (χ1v) is 7.29. The van der Waals surface area contributed by atoms with Crippen molar-refractivity contribution in [1.82, 2.24) is 4.98 Å². The number of nitrogens with zero attached hydrogens (tertiary/aromatic N) is 1. The fourth-order valence-corrected chi connectivity index (χ4v) is 2.85. The fourth-order valence-electron chi connectivity index (χ4n) is 1.69. The number of anilines is 1. The Balaban J connectivity index is 2.21. The second kappa shape index (κ2) is 5.36. The second-order valence-corrected chi connectivity index (χ2v) is 6.16. The van der Waals surface area contributed by atoms with Gasteiger partial charge in [-0.3, -0.25) is 0 Å². The molecule has 1 heterocycles. The monoisotopic (exact) mass is 328 g/mol. The van der Waals surface area contributed by atoms with Crippen molar-refractivity contribution in [1.29, 1.82) is 0 Å². The first-order chi connectivity index (χ1) is 8.47. The van der Waals surface area contributed by atoms with Crippen LogP contribution in [0.3, 0.4) is 0 Å². The Bertz CT molecular complexity index is 568. The van der Waals surface area contributed by atoms with Gasteiger partial charge >= 0.3 is 0 Å². The van der Waals surface area contributed by atoms with E-state index in [0.29, 0.717) is 4.47 Å². The minimum atomic E-state index is -0.259. The topological polar surface area (TPSA) is 24.9 Å². The van der Waals surface area contributed by atoms with E-state index < -0.39 is 0 Å². The van der Waals surface area contributed by atoms with Crippen LogP contribution in [0.4, 0.5) is 10.1 Å². The molecule has 18 heavy (non-hydrogen) atoms. The van der Waals surface area contributed by atoms with Crippen LogP contribution in [0.1, 0.15) is 29.2 Å². The summed E-state index contributed by atoms with van der Waals surface area (Å²) in [5.74, 6) is -0.259. The average molecular weight is 329 g/mol. The smallest absolute Gasteiger partial charge is 0.139 e. The molecule has 1 N–H and O–H groups in total. The third-order valence-electron chi connectivity index (χ3n) is 2.72. The molecule has 0 fully saturated rings. The molecule has 2 nitrogen and oxygen atoms in total. The van der Waals surface area contributed by atoms with Gasteiger partial charge in [0.05, 0.1) is 21.2 Å². The van der Waals surface area contributed by atoms with Gasteiger partial charge in [-0.05, 0) is 54.4 Å². The van der Waals surface area contributed by atoms with E-state index in [1.807, 2.05) is 26.2 Å². The van der Waals surface area contributed by atoms with Crippen molar-refractivity contribution in [2.45, 2.75) is 26.8 Å². The molecule has 5 heteroatoms. The molecule has 0 amide bonds. The Morgan fingerprint density at radius 3 is 2.72 bits per heavy atom. The van der Waals surface area contributed by atoms with Gasteiger partial charge in [0.2, 0.25) is 0 Å². The highest BCUT2D eigenvalue weighted by molar-refractivity contribution is 9.10. The van der Waals surface area contributed by atoms with Crippen LogP contribution in [-0.2, 0) is 0 Å². The Hall–Kier alpha value is -0.940. The standard InChI is InChI=1S/C13H14BrFN2S/c1-7-4-10(14)11(15)5-12(7)16-8(2)13-6-18-9(3)17-13/h4-6,8,16H,1-3H3. The minimum absolute atomic E-state index is 0.0641. The van der Waals surface area contributed by atoms with Crippen LogP contribution in [0.15, 0.2) is 22.0 Å². The Labute approximate surface area is 118 Å². The van der Waals surface area contributed by atoms with Gasteiger partial charge in [0.25, 0.3) is 0 Å². The van der Waals surface area contributed by atoms with Crippen molar-refractivity contribution < 1.29 is 4.39 Å². The lowest BCUT2D eigenvalue weighted by Crippen LogP contribution is -2.08. The number of aryl methyl sites for hydroxylation is 2. The first-order valence-electron chi connectivity index (χ1n) is 5.61. The zero-order chi connectivity index (χ0) is 13.3. The van der Waals surface area contributed by atoms with Gasteiger partial charge < -0.3 is 5.32 Å². The lowest BCUT2D eigenvalue weighted by atomic mass is 10.1. The van der Waals surface area contributed by atoms with Gasteiger partial charge in [0.15, 0.2) is 0 Å². The summed E-state index contributed by atoms with van der Waals surface area (Å²) in [4.78, 5) is 4.43. The number of nitrogens with one attached hydrogen (secondary N) is 1. The number of thiazole rings is 1. The maximum absolute atomic E-state index is 13.5. The van der Waals surface area contributed by atoms with Crippen LogP contribution in [0.2, 0.25) is 0 Å². The van der Waals surface area contributed by atoms with E-state index >= 15 is 0 Å². The quantitative estimate of drug-likeness (QED) is 0.872. The number of halogens is 2. The first kappa shape index (κ1) is 13.5. The summed E-state index contributed by atoms with van der Waals surface area (Å²) in [7, 11) is 0. The molecular weight excluding hydrogens is 315 g/mol. The molecule has 1 aromatic heterocycles. The molecule has 2 aromatic rings. The predicted octanol–water partition coefficient (Wildman–Crippen LogP) is 4.83. The molecular formula is C13H14BrFN2S. The highest BCUT2D eigenvalue weighted by atomic mass is 79.9. The van der Waals surface area contributed by atoms with Crippen LogP contribution in [0, 0.1) is 19.7 Å². The zero-order valence-electron chi connectivity index (χ0n) is 10.4. The third kappa shape index (κ3) is 2.90. The van der Waals surface area contributed by atoms with Crippen molar-refractivity contribution in [3.05, 3.63) is 44.1 Å². The van der Waals surface area contributed by atoms with Crippen molar-refractivity contribution in [3.63, 3.8) is 0 Å². The molecule has 0 aliphatic rings. The van der Waals surface area contributed by atoms with E-state index in [-0.39, 0.29) is 11.9 Å². The van der Waals surface area contributed by atoms with Crippen LogP contribution in [0.5, 0.6) is 0 Å². The predicted molar refractivity (Wildman–Crippen MR) is 77.7 cm³/mol. The molecule has 1 atom stereocenters. The Morgan fingerprint density at radius 2 is 2.11 bits per heavy atom. The van der Waals surface area contributed by atoms with Crippen LogP contribution >= 0.6 is 27.3 Å². The third-order valence-corrected chi connectivity index (χ3v) is 4.12. The molecule has 0 radical (unpaired) electrons. The summed E-state index contributed by atoms with van der Waals surface area (Å²) in [6, 6.07) is 3.35. The summed E-state index contributed by atoms with van der Waals surface area (Å²) in [6.07, 6.45) is 0. The van der Waals surface area contributed by atoms with Gasteiger partial charge in [-0.15, -0.1) is 11.3 Å². The Morgan fingerprint density at radius 1 is 1.39 bits per heavy atom. The average Bonchev–Trinajstić information content (AvgIpc) is 2.73. The van der Waals surface area contributed by atoms with Crippen molar-refractivity contribution in [2.75, 3.05) is 5.32 Å². The van der Waals surface area contributed by atoms with Crippen LogP contribution < -0.4 is 5.32 Å². The highest BCUT2D eigenvalue weighted by Crippen LogP contribution is 2.27. The molecule has 0 saturated heterocycles. The summed E-state index contributed by atoms with van der Waals surface area (Å²) in [5.41, 5.74) is 2.79. The molecule has 96 valence electrons. The van der Waals surface area contributed by atoms with Gasteiger partial charge in [-0.25, -0.2) is 9.37 Å². The molecule has 2 rings (SSSR count). The van der Waals surface area contributed by atoms with E-state index in [0.717, 1.165) is 22.0 Å². The number of rotatable bonds is 3. The summed E-state index contributed by atoms with van der Waals surface area (Å²) >= 11 is 4.80. The van der Waals surface area contributed by atoms with E-state index in [1.165, 1.54) is 6.07 Å². The van der Waals surface area contributed by atoms with Crippen molar-refractivity contribution in [2.24, 2.45) is 0 Å². The van der Waals surface area contributed by atoms with Gasteiger partial charge in [0.1, 0.15) is 5.82 Å². The molecule has 0 aliphatic heterocycles. The van der Waals surface area contributed by atoms with Crippen molar-refractivity contribution >= 4 is 33.0 Å². The maximum Gasteiger partial charge on any atom is 0.139 e. The number of aromatic nitrogens is 1.